The van der Waals surface area contributed by atoms with E-state index >= 15 is 0 Å². The minimum absolute atomic E-state index is 0.0526. The van der Waals surface area contributed by atoms with E-state index in [0.29, 0.717) is 18.7 Å². The molecule has 92 valence electrons. The third-order valence-electron chi connectivity index (χ3n) is 3.21. The first-order valence-corrected chi connectivity index (χ1v) is 5.95. The van der Waals surface area contributed by atoms with Crippen LogP contribution < -0.4 is 0 Å². The summed E-state index contributed by atoms with van der Waals surface area (Å²) in [4.78, 5) is 13.9. The van der Waals surface area contributed by atoms with E-state index in [4.69, 9.17) is 9.47 Å². The van der Waals surface area contributed by atoms with Crippen LogP contribution in [0.3, 0.4) is 0 Å². The molecule has 0 radical (unpaired) electrons. The number of ether oxygens (including phenoxy) is 2. The van der Waals surface area contributed by atoms with E-state index in [1.165, 1.54) is 0 Å². The maximum atomic E-state index is 12.3. The van der Waals surface area contributed by atoms with E-state index in [9.17, 15) is 4.79 Å². The van der Waals surface area contributed by atoms with Gasteiger partial charge in [0.15, 0.2) is 0 Å². The zero-order chi connectivity index (χ0) is 12.6. The topological polar surface area (TPSA) is 38.8 Å². The highest BCUT2D eigenvalue weighted by Crippen LogP contribution is 2.42. The minimum Gasteiger partial charge on any atom is -0.388 e. The first kappa shape index (κ1) is 11.1. The van der Waals surface area contributed by atoms with Gasteiger partial charge in [-0.1, -0.05) is 18.1 Å². The fourth-order valence-corrected chi connectivity index (χ4v) is 2.47. The van der Waals surface area contributed by atoms with Gasteiger partial charge in [-0.05, 0) is 18.6 Å². The Morgan fingerprint density at radius 2 is 2.28 bits per heavy atom. The fraction of sp³-hybridized carbons (Fsp3) is 0.357. The molecule has 4 heteroatoms. The average Bonchev–Trinajstić information content (AvgIpc) is 2.68. The summed E-state index contributed by atoms with van der Waals surface area (Å²) < 4.78 is 11.3. The second kappa shape index (κ2) is 4.04. The van der Waals surface area contributed by atoms with Gasteiger partial charge < -0.3 is 9.47 Å². The normalized spacial score (nSPS) is 24.9. The van der Waals surface area contributed by atoms with Crippen LogP contribution in [-0.4, -0.2) is 24.0 Å². The second-order valence-corrected chi connectivity index (χ2v) is 4.24. The Morgan fingerprint density at radius 1 is 1.44 bits per heavy atom. The molecule has 4 nitrogen and oxygen atoms in total. The van der Waals surface area contributed by atoms with Crippen LogP contribution in [0.15, 0.2) is 24.3 Å². The Hall–Kier alpha value is -1.99. The molecule has 0 N–H and O–H groups in total. The number of benzene rings is 1. The molecule has 0 aromatic heterocycles. The van der Waals surface area contributed by atoms with Crippen molar-refractivity contribution in [3.63, 3.8) is 0 Å². The quantitative estimate of drug-likeness (QED) is 0.704. The molecule has 1 unspecified atom stereocenters. The maximum absolute atomic E-state index is 12.3. The molecule has 3 rings (SSSR count). The van der Waals surface area contributed by atoms with Crippen molar-refractivity contribution in [2.45, 2.75) is 19.3 Å². The van der Waals surface area contributed by atoms with Crippen molar-refractivity contribution < 1.29 is 14.3 Å². The number of fused-ring (bicyclic) bond motifs is 3. The Labute approximate surface area is 105 Å². The van der Waals surface area contributed by atoms with E-state index in [-0.39, 0.29) is 5.91 Å². The molecule has 2 heterocycles. The van der Waals surface area contributed by atoms with Gasteiger partial charge in [-0.15, -0.1) is 0 Å². The molecular formula is C14H13NO3. The van der Waals surface area contributed by atoms with Crippen molar-refractivity contribution in [3.05, 3.63) is 35.4 Å². The van der Waals surface area contributed by atoms with Crippen LogP contribution in [-0.2, 0) is 15.4 Å². The van der Waals surface area contributed by atoms with Crippen molar-refractivity contribution in [3.8, 4) is 12.0 Å². The van der Waals surface area contributed by atoms with Gasteiger partial charge in [0.2, 0.25) is 0 Å². The number of amides is 1. The monoisotopic (exact) mass is 243 g/mol. The molecule has 1 saturated heterocycles. The predicted octanol–water partition coefficient (Wildman–Crippen LogP) is 1.67. The lowest BCUT2D eigenvalue weighted by Gasteiger charge is -2.39. The van der Waals surface area contributed by atoms with Crippen molar-refractivity contribution in [1.82, 2.24) is 4.90 Å². The van der Waals surface area contributed by atoms with Gasteiger partial charge in [0.05, 0.1) is 17.7 Å². The number of carbonyl (C=O) groups excluding carboxylic acids is 1. The Balaban J connectivity index is 2.15. The third kappa shape index (κ3) is 1.34. The SMILES string of the molecule is CC#COC12OCCCN1C(=O)c1ccccc12. The van der Waals surface area contributed by atoms with E-state index in [0.717, 1.165) is 12.0 Å². The highest BCUT2D eigenvalue weighted by atomic mass is 16.7. The Morgan fingerprint density at radius 3 is 3.11 bits per heavy atom. The van der Waals surface area contributed by atoms with E-state index in [1.807, 2.05) is 18.2 Å². The molecule has 18 heavy (non-hydrogen) atoms. The van der Waals surface area contributed by atoms with E-state index in [1.54, 1.807) is 17.9 Å². The van der Waals surface area contributed by atoms with Gasteiger partial charge in [0, 0.05) is 13.5 Å². The van der Waals surface area contributed by atoms with Gasteiger partial charge in [-0.25, -0.2) is 0 Å². The van der Waals surface area contributed by atoms with Gasteiger partial charge in [0.25, 0.3) is 5.91 Å². The Kier molecular flexibility index (Phi) is 2.49. The van der Waals surface area contributed by atoms with Crippen LogP contribution in [0.5, 0.6) is 0 Å². The molecule has 0 saturated carbocycles. The number of carbonyl (C=O) groups is 1. The smallest absolute Gasteiger partial charge is 0.335 e. The summed E-state index contributed by atoms with van der Waals surface area (Å²) in [5.74, 6) is 1.48. The molecule has 2 aliphatic heterocycles. The van der Waals surface area contributed by atoms with Crippen molar-refractivity contribution in [1.29, 1.82) is 0 Å². The maximum Gasteiger partial charge on any atom is 0.335 e. The molecular weight excluding hydrogens is 230 g/mol. The third-order valence-corrected chi connectivity index (χ3v) is 3.21. The lowest BCUT2D eigenvalue weighted by Crippen LogP contribution is -2.51. The molecule has 1 fully saturated rings. The van der Waals surface area contributed by atoms with E-state index < -0.39 is 5.91 Å². The highest BCUT2D eigenvalue weighted by molar-refractivity contribution is 5.99. The zero-order valence-corrected chi connectivity index (χ0v) is 10.1. The van der Waals surface area contributed by atoms with E-state index in [2.05, 4.69) is 12.0 Å². The Bertz CT molecular complexity index is 558. The van der Waals surface area contributed by atoms with Gasteiger partial charge in [-0.2, -0.15) is 0 Å². The van der Waals surface area contributed by atoms with Gasteiger partial charge in [-0.3, -0.25) is 9.69 Å². The molecule has 2 aliphatic rings. The molecule has 1 atom stereocenters. The molecule has 0 aliphatic carbocycles. The number of nitrogens with zero attached hydrogens (tertiary/aromatic N) is 1. The lowest BCUT2D eigenvalue weighted by atomic mass is 10.1. The van der Waals surface area contributed by atoms with Gasteiger partial charge in [0.1, 0.15) is 6.11 Å². The fourth-order valence-electron chi connectivity index (χ4n) is 2.47. The number of hydrogen-bond acceptors (Lipinski definition) is 3. The molecule has 1 aromatic carbocycles. The summed E-state index contributed by atoms with van der Waals surface area (Å²) >= 11 is 0. The zero-order valence-electron chi connectivity index (χ0n) is 10.1. The van der Waals surface area contributed by atoms with Crippen LogP contribution in [0.4, 0.5) is 0 Å². The summed E-state index contributed by atoms with van der Waals surface area (Å²) in [7, 11) is 0. The molecule has 0 spiro atoms. The van der Waals surface area contributed by atoms with Crippen LogP contribution in [0.2, 0.25) is 0 Å². The second-order valence-electron chi connectivity index (χ2n) is 4.24. The summed E-state index contributed by atoms with van der Waals surface area (Å²) in [5, 5.41) is 0. The lowest BCUT2D eigenvalue weighted by molar-refractivity contribution is -0.296. The van der Waals surface area contributed by atoms with Crippen molar-refractivity contribution in [2.75, 3.05) is 13.2 Å². The molecule has 1 amide bonds. The van der Waals surface area contributed by atoms with Crippen LogP contribution in [0, 0.1) is 12.0 Å². The molecule has 1 aromatic rings. The van der Waals surface area contributed by atoms with Crippen molar-refractivity contribution in [2.24, 2.45) is 0 Å². The average molecular weight is 243 g/mol. The first-order chi connectivity index (χ1) is 8.79. The first-order valence-electron chi connectivity index (χ1n) is 5.95. The largest absolute Gasteiger partial charge is 0.388 e. The summed E-state index contributed by atoms with van der Waals surface area (Å²) in [5.41, 5.74) is 1.38. The minimum atomic E-state index is -1.14. The number of rotatable bonds is 1. The van der Waals surface area contributed by atoms with Crippen LogP contribution in [0.1, 0.15) is 29.3 Å². The number of hydrogen-bond donors (Lipinski definition) is 0. The van der Waals surface area contributed by atoms with Crippen molar-refractivity contribution >= 4 is 5.91 Å². The standard InChI is InChI=1S/C14H13NO3/c1-2-9-17-14-12-7-4-3-6-11(12)13(16)15(14)8-5-10-18-14/h3-4,6-7H,5,8,10H2,1H3. The van der Waals surface area contributed by atoms with Crippen LogP contribution >= 0.6 is 0 Å². The highest BCUT2D eigenvalue weighted by Gasteiger charge is 2.54. The predicted molar refractivity (Wildman–Crippen MR) is 64.3 cm³/mol. The summed E-state index contributed by atoms with van der Waals surface area (Å²) in [6, 6.07) is 7.37. The summed E-state index contributed by atoms with van der Waals surface area (Å²) in [6.07, 6.45) is 3.38. The summed E-state index contributed by atoms with van der Waals surface area (Å²) in [6.45, 7) is 2.87. The van der Waals surface area contributed by atoms with Gasteiger partial charge >= 0.3 is 5.91 Å². The molecule has 0 bridgehead atoms. The van der Waals surface area contributed by atoms with Crippen LogP contribution in [0.25, 0.3) is 0 Å².